The predicted octanol–water partition coefficient (Wildman–Crippen LogP) is 4.99. The normalized spacial score (nSPS) is 24.1. The molecule has 1 fully saturated rings. The van der Waals surface area contributed by atoms with E-state index in [4.69, 9.17) is 4.74 Å². The molecule has 1 heterocycles. The van der Waals surface area contributed by atoms with Gasteiger partial charge >= 0.3 is 0 Å². The highest BCUT2D eigenvalue weighted by molar-refractivity contribution is 5.59. The highest BCUT2D eigenvalue weighted by atomic mass is 16.5. The fourth-order valence-corrected chi connectivity index (χ4v) is 3.68. The highest BCUT2D eigenvalue weighted by Gasteiger charge is 2.33. The van der Waals surface area contributed by atoms with Gasteiger partial charge in [0.05, 0.1) is 5.70 Å². The molecule has 1 saturated carbocycles. The molecule has 0 spiro atoms. The minimum atomic E-state index is 0.119. The number of anilines is 1. The second kappa shape index (κ2) is 5.51. The molecule has 1 aromatic rings. The molecule has 1 aromatic carbocycles. The molecule has 0 N–H and O–H groups in total. The summed E-state index contributed by atoms with van der Waals surface area (Å²) in [4.78, 5) is 2.36. The molecule has 0 saturated heterocycles. The van der Waals surface area contributed by atoms with E-state index in [0.29, 0.717) is 5.92 Å². The van der Waals surface area contributed by atoms with Crippen molar-refractivity contribution in [3.05, 3.63) is 41.3 Å². The average molecular weight is 271 g/mol. The summed E-state index contributed by atoms with van der Waals surface area (Å²) < 4.78 is 6.24. The van der Waals surface area contributed by atoms with E-state index in [0.717, 1.165) is 0 Å². The van der Waals surface area contributed by atoms with Gasteiger partial charge in [0.1, 0.15) is 5.76 Å². The lowest BCUT2D eigenvalue weighted by Crippen LogP contribution is -2.27. The minimum Gasteiger partial charge on any atom is -0.473 e. The van der Waals surface area contributed by atoms with Crippen molar-refractivity contribution in [3.63, 3.8) is 0 Å². The van der Waals surface area contributed by atoms with Gasteiger partial charge in [-0.05, 0) is 45.2 Å². The highest BCUT2D eigenvalue weighted by Crippen LogP contribution is 2.40. The van der Waals surface area contributed by atoms with Gasteiger partial charge in [-0.1, -0.05) is 37.5 Å². The number of allylic oxidation sites excluding steroid dienone is 2. The van der Waals surface area contributed by atoms with Crippen LogP contribution in [0.3, 0.4) is 0 Å². The Kier molecular flexibility index (Phi) is 3.73. The van der Waals surface area contributed by atoms with E-state index in [9.17, 15) is 0 Å². The van der Waals surface area contributed by atoms with E-state index in [2.05, 4.69) is 49.9 Å². The molecule has 0 radical (unpaired) electrons. The smallest absolute Gasteiger partial charge is 0.173 e. The van der Waals surface area contributed by atoms with Gasteiger partial charge in [0, 0.05) is 11.6 Å². The Morgan fingerprint density at radius 1 is 1.05 bits per heavy atom. The minimum absolute atomic E-state index is 0.119. The number of benzene rings is 1. The molecule has 1 atom stereocenters. The van der Waals surface area contributed by atoms with Crippen LogP contribution in [0.15, 0.2) is 35.7 Å². The van der Waals surface area contributed by atoms with Gasteiger partial charge in [-0.2, -0.15) is 0 Å². The summed E-state index contributed by atoms with van der Waals surface area (Å²) in [5.41, 5.74) is 3.91. The Bertz CT molecular complexity index is 514. The molecule has 1 aliphatic carbocycles. The Hall–Kier alpha value is -1.44. The Labute approximate surface area is 122 Å². The summed E-state index contributed by atoms with van der Waals surface area (Å²) in [7, 11) is 0. The first-order valence-electron chi connectivity index (χ1n) is 7.91. The molecule has 2 heteroatoms. The number of aryl methyl sites for hydroxylation is 1. The predicted molar refractivity (Wildman–Crippen MR) is 83.5 cm³/mol. The molecule has 108 valence electrons. The van der Waals surface area contributed by atoms with Crippen LogP contribution >= 0.6 is 0 Å². The van der Waals surface area contributed by atoms with Crippen molar-refractivity contribution < 1.29 is 4.74 Å². The number of hydrogen-bond donors (Lipinski definition) is 0. The Balaban J connectivity index is 1.92. The first-order valence-corrected chi connectivity index (χ1v) is 7.91. The molecule has 0 bridgehead atoms. The van der Waals surface area contributed by atoms with Crippen molar-refractivity contribution in [1.29, 1.82) is 0 Å². The number of rotatable bonds is 2. The summed E-state index contributed by atoms with van der Waals surface area (Å²) in [6.07, 6.45) is 6.79. The van der Waals surface area contributed by atoms with Gasteiger partial charge in [-0.15, -0.1) is 0 Å². The van der Waals surface area contributed by atoms with Crippen LogP contribution < -0.4 is 4.90 Å². The van der Waals surface area contributed by atoms with Crippen LogP contribution in [0.1, 0.15) is 51.5 Å². The standard InChI is InChI=1S/C18H25NO/c1-13-9-7-8-12-17(13)19-14(2)18(20-15(19)3)16-10-5-4-6-11-16/h7-9,12,15-16H,4-6,10-11H2,1-3H3. The zero-order valence-corrected chi connectivity index (χ0v) is 12.9. The summed E-state index contributed by atoms with van der Waals surface area (Å²) in [5.74, 6) is 1.89. The van der Waals surface area contributed by atoms with Crippen molar-refractivity contribution in [1.82, 2.24) is 0 Å². The Morgan fingerprint density at radius 3 is 2.45 bits per heavy atom. The summed E-state index contributed by atoms with van der Waals surface area (Å²) >= 11 is 0. The zero-order chi connectivity index (χ0) is 14.1. The van der Waals surface area contributed by atoms with Crippen LogP contribution in [-0.2, 0) is 4.74 Å². The summed E-state index contributed by atoms with van der Waals surface area (Å²) in [5, 5.41) is 0. The number of para-hydroxylation sites is 1. The fourth-order valence-electron chi connectivity index (χ4n) is 3.68. The molecule has 0 aromatic heterocycles. The first-order chi connectivity index (χ1) is 9.68. The zero-order valence-electron chi connectivity index (χ0n) is 12.9. The van der Waals surface area contributed by atoms with Gasteiger partial charge in [-0.3, -0.25) is 0 Å². The van der Waals surface area contributed by atoms with Gasteiger partial charge in [-0.25, -0.2) is 0 Å². The monoisotopic (exact) mass is 271 g/mol. The van der Waals surface area contributed by atoms with Gasteiger partial charge in [0.2, 0.25) is 0 Å². The topological polar surface area (TPSA) is 12.5 Å². The third kappa shape index (κ3) is 2.32. The van der Waals surface area contributed by atoms with E-state index in [1.54, 1.807) is 0 Å². The maximum atomic E-state index is 6.24. The third-order valence-corrected chi connectivity index (χ3v) is 4.73. The maximum absolute atomic E-state index is 6.24. The molecule has 1 aliphatic heterocycles. The molecule has 1 unspecified atom stereocenters. The SMILES string of the molecule is CC1=C(C2CCCCC2)OC(C)N1c1ccccc1C. The van der Waals surface area contributed by atoms with Gasteiger partial charge < -0.3 is 9.64 Å². The fraction of sp³-hybridized carbons (Fsp3) is 0.556. The van der Waals surface area contributed by atoms with Crippen molar-refractivity contribution in [2.45, 2.75) is 59.1 Å². The van der Waals surface area contributed by atoms with E-state index in [-0.39, 0.29) is 6.23 Å². The first kappa shape index (κ1) is 13.5. The lowest BCUT2D eigenvalue weighted by Gasteiger charge is -2.25. The lowest BCUT2D eigenvalue weighted by atomic mass is 9.87. The van der Waals surface area contributed by atoms with Crippen molar-refractivity contribution >= 4 is 5.69 Å². The summed E-state index contributed by atoms with van der Waals surface area (Å²) in [6, 6.07) is 8.58. The Morgan fingerprint density at radius 2 is 1.75 bits per heavy atom. The molecular weight excluding hydrogens is 246 g/mol. The van der Waals surface area contributed by atoms with Crippen LogP contribution in [0.2, 0.25) is 0 Å². The van der Waals surface area contributed by atoms with Crippen molar-refractivity contribution in [2.24, 2.45) is 5.92 Å². The largest absolute Gasteiger partial charge is 0.473 e. The second-order valence-corrected chi connectivity index (χ2v) is 6.16. The average Bonchev–Trinajstić information content (AvgIpc) is 2.76. The molecule has 20 heavy (non-hydrogen) atoms. The number of ether oxygens (including phenoxy) is 1. The molecule has 3 rings (SSSR count). The van der Waals surface area contributed by atoms with E-state index in [1.807, 2.05) is 0 Å². The van der Waals surface area contributed by atoms with E-state index in [1.165, 1.54) is 54.8 Å². The van der Waals surface area contributed by atoms with Crippen molar-refractivity contribution in [3.8, 4) is 0 Å². The van der Waals surface area contributed by atoms with Gasteiger partial charge in [0.15, 0.2) is 6.23 Å². The van der Waals surface area contributed by atoms with Crippen LogP contribution in [0, 0.1) is 12.8 Å². The third-order valence-electron chi connectivity index (χ3n) is 4.73. The van der Waals surface area contributed by atoms with Crippen LogP contribution in [0.25, 0.3) is 0 Å². The number of hydrogen-bond acceptors (Lipinski definition) is 2. The quantitative estimate of drug-likeness (QED) is 0.751. The van der Waals surface area contributed by atoms with Crippen LogP contribution in [0.4, 0.5) is 5.69 Å². The molecule has 2 nitrogen and oxygen atoms in total. The maximum Gasteiger partial charge on any atom is 0.173 e. The molecule has 0 amide bonds. The van der Waals surface area contributed by atoms with Crippen LogP contribution in [-0.4, -0.2) is 6.23 Å². The van der Waals surface area contributed by atoms with E-state index < -0.39 is 0 Å². The second-order valence-electron chi connectivity index (χ2n) is 6.16. The lowest BCUT2D eigenvalue weighted by molar-refractivity contribution is 0.124. The van der Waals surface area contributed by atoms with Gasteiger partial charge in [0.25, 0.3) is 0 Å². The molecular formula is C18H25NO. The summed E-state index contributed by atoms with van der Waals surface area (Å²) in [6.45, 7) is 6.56. The number of nitrogens with zero attached hydrogens (tertiary/aromatic N) is 1. The molecule has 2 aliphatic rings. The van der Waals surface area contributed by atoms with Crippen molar-refractivity contribution in [2.75, 3.05) is 4.90 Å². The van der Waals surface area contributed by atoms with E-state index >= 15 is 0 Å². The van der Waals surface area contributed by atoms with Crippen LogP contribution in [0.5, 0.6) is 0 Å².